The number of hydrogen-bond donors (Lipinski definition) is 1. The van der Waals surface area contributed by atoms with Crippen molar-refractivity contribution < 1.29 is 31.1 Å². The van der Waals surface area contributed by atoms with Crippen LogP contribution in [0.3, 0.4) is 0 Å². The molecule has 0 bridgehead atoms. The zero-order chi connectivity index (χ0) is 28.9. The van der Waals surface area contributed by atoms with E-state index in [2.05, 4.69) is 15.2 Å². The number of pyridine rings is 1. The molecule has 40 heavy (non-hydrogen) atoms. The smallest absolute Gasteiger partial charge is 0.382 e. The predicted molar refractivity (Wildman–Crippen MR) is 144 cm³/mol. The minimum absolute atomic E-state index is 0.0464. The van der Waals surface area contributed by atoms with Crippen LogP contribution in [0.5, 0.6) is 0 Å². The largest absolute Gasteiger partial charge is 0.446 e. The van der Waals surface area contributed by atoms with Gasteiger partial charge in [0.05, 0.1) is 16.9 Å². The summed E-state index contributed by atoms with van der Waals surface area (Å²) >= 11 is 5.67. The molecule has 1 N–H and O–H groups in total. The lowest BCUT2D eigenvalue weighted by Crippen LogP contribution is -2.47. The summed E-state index contributed by atoms with van der Waals surface area (Å²) in [5.74, 6) is 0.0864. The fourth-order valence-corrected chi connectivity index (χ4v) is 5.72. The molecule has 1 aromatic carbocycles. The molecule has 3 heterocycles. The number of piperidine rings is 1. The van der Waals surface area contributed by atoms with Crippen molar-refractivity contribution in [2.75, 3.05) is 56.0 Å². The Morgan fingerprint density at radius 2 is 1.70 bits per heavy atom. The maximum atomic E-state index is 12.8. The molecule has 0 saturated carbocycles. The second kappa shape index (κ2) is 13.1. The number of benzene rings is 1. The third kappa shape index (κ3) is 8.81. The number of alkyl halides is 6. The van der Waals surface area contributed by atoms with Crippen LogP contribution in [0.1, 0.15) is 31.4 Å². The van der Waals surface area contributed by atoms with E-state index in [1.54, 1.807) is 6.07 Å². The quantitative estimate of drug-likeness (QED) is 0.277. The lowest BCUT2D eigenvalue weighted by Gasteiger charge is -2.36. The number of aromatic nitrogens is 1. The Morgan fingerprint density at radius 3 is 2.30 bits per heavy atom. The zero-order valence-electron chi connectivity index (χ0n) is 21.6. The maximum Gasteiger partial charge on any atom is 0.446 e. The van der Waals surface area contributed by atoms with Gasteiger partial charge in [-0.3, -0.25) is 9.69 Å². The molecule has 6 nitrogen and oxygen atoms in total. The number of carbonyl (C=O) groups is 1. The van der Waals surface area contributed by atoms with E-state index in [0.29, 0.717) is 63.2 Å². The highest BCUT2D eigenvalue weighted by atomic mass is 35.5. The molecule has 2 aromatic rings. The number of anilines is 2. The highest BCUT2D eigenvalue weighted by Gasteiger charge is 2.33. The van der Waals surface area contributed by atoms with E-state index < -0.39 is 17.4 Å². The summed E-state index contributed by atoms with van der Waals surface area (Å²) in [4.78, 5) is 22.3. The molecular formula is C26H30ClF6N5OS. The third-order valence-electron chi connectivity index (χ3n) is 7.02. The average Bonchev–Trinajstić information content (AvgIpc) is 2.90. The van der Waals surface area contributed by atoms with Crippen molar-refractivity contribution in [1.82, 2.24) is 14.8 Å². The van der Waals surface area contributed by atoms with Crippen LogP contribution >= 0.6 is 23.4 Å². The van der Waals surface area contributed by atoms with Crippen molar-refractivity contribution in [2.24, 2.45) is 0 Å². The number of nitrogens with one attached hydrogen (secondary N) is 1. The van der Waals surface area contributed by atoms with Gasteiger partial charge in [0.25, 0.3) is 0 Å². The Kier molecular flexibility index (Phi) is 9.99. The standard InChI is InChI=1S/C26H30ClF6N5OS/c27-21-5-3-19(16-22(21)40-26(31,32)33)35-18-7-10-38(11-8-18)24(39)2-1-9-36-12-14-37(15-13-36)20-4-6-23(34-17-20)25(28,29)30/h3-6,16-18,35H,1-2,7-15H2. The Balaban J connectivity index is 1.14. The van der Waals surface area contributed by atoms with Crippen molar-refractivity contribution in [2.45, 2.75) is 48.3 Å². The van der Waals surface area contributed by atoms with Crippen LogP contribution < -0.4 is 10.2 Å². The van der Waals surface area contributed by atoms with Gasteiger partial charge in [-0.25, -0.2) is 4.98 Å². The van der Waals surface area contributed by atoms with E-state index in [0.717, 1.165) is 25.7 Å². The first kappa shape index (κ1) is 30.6. The van der Waals surface area contributed by atoms with E-state index in [1.807, 2.05) is 9.80 Å². The Hall–Kier alpha value is -2.38. The monoisotopic (exact) mass is 609 g/mol. The van der Waals surface area contributed by atoms with Crippen molar-refractivity contribution in [3.63, 3.8) is 0 Å². The van der Waals surface area contributed by atoms with Gasteiger partial charge in [-0.15, -0.1) is 0 Å². The van der Waals surface area contributed by atoms with Gasteiger partial charge in [-0.05, 0) is 67.9 Å². The average molecular weight is 610 g/mol. The number of amides is 1. The lowest BCUT2D eigenvalue weighted by molar-refractivity contribution is -0.141. The number of nitrogens with zero attached hydrogens (tertiary/aromatic N) is 4. The molecule has 2 aliphatic rings. The molecule has 2 aliphatic heterocycles. The van der Waals surface area contributed by atoms with E-state index in [9.17, 15) is 31.1 Å². The maximum absolute atomic E-state index is 12.8. The lowest BCUT2D eigenvalue weighted by atomic mass is 10.0. The molecule has 14 heteroatoms. The number of halogens is 7. The molecule has 0 radical (unpaired) electrons. The van der Waals surface area contributed by atoms with Gasteiger partial charge >= 0.3 is 11.7 Å². The first-order valence-corrected chi connectivity index (χ1v) is 14.2. The van der Waals surface area contributed by atoms with Crippen LogP contribution in [0.15, 0.2) is 41.4 Å². The van der Waals surface area contributed by atoms with Crippen LogP contribution in [0.2, 0.25) is 5.02 Å². The van der Waals surface area contributed by atoms with Crippen molar-refractivity contribution in [3.8, 4) is 0 Å². The first-order chi connectivity index (χ1) is 18.9. The third-order valence-corrected chi connectivity index (χ3v) is 8.25. The van der Waals surface area contributed by atoms with Gasteiger partial charge in [0.1, 0.15) is 5.69 Å². The Labute approximate surface area is 238 Å². The van der Waals surface area contributed by atoms with E-state index >= 15 is 0 Å². The van der Waals surface area contributed by atoms with Crippen molar-refractivity contribution in [1.29, 1.82) is 0 Å². The van der Waals surface area contributed by atoms with Gasteiger partial charge in [-0.2, -0.15) is 26.3 Å². The van der Waals surface area contributed by atoms with Gasteiger partial charge in [-0.1, -0.05) is 11.6 Å². The predicted octanol–water partition coefficient (Wildman–Crippen LogP) is 6.37. The Bertz CT molecular complexity index is 1130. The molecule has 0 spiro atoms. The topological polar surface area (TPSA) is 51.7 Å². The molecular weight excluding hydrogens is 580 g/mol. The molecule has 1 aromatic heterocycles. The summed E-state index contributed by atoms with van der Waals surface area (Å²) < 4.78 is 76.4. The van der Waals surface area contributed by atoms with Crippen molar-refractivity contribution >= 4 is 40.6 Å². The summed E-state index contributed by atoms with van der Waals surface area (Å²) in [5, 5.41) is 3.31. The summed E-state index contributed by atoms with van der Waals surface area (Å²) in [6.07, 6.45) is -0.673. The van der Waals surface area contributed by atoms with Crippen molar-refractivity contribution in [3.05, 3.63) is 47.2 Å². The zero-order valence-corrected chi connectivity index (χ0v) is 23.1. The minimum atomic E-state index is -4.45. The summed E-state index contributed by atoms with van der Waals surface area (Å²) in [7, 11) is 0. The van der Waals surface area contributed by atoms with Crippen LogP contribution in [0.4, 0.5) is 37.7 Å². The number of likely N-dealkylation sites (tertiary alicyclic amines) is 1. The minimum Gasteiger partial charge on any atom is -0.382 e. The fourth-order valence-electron chi connectivity index (χ4n) is 4.89. The van der Waals surface area contributed by atoms with Crippen LogP contribution in [0.25, 0.3) is 0 Å². The van der Waals surface area contributed by atoms with E-state index in [-0.39, 0.29) is 33.6 Å². The summed E-state index contributed by atoms with van der Waals surface area (Å²) in [6, 6.07) is 6.99. The Morgan fingerprint density at radius 1 is 1.00 bits per heavy atom. The second-order valence-corrected chi connectivity index (χ2v) is 11.3. The number of hydrogen-bond acceptors (Lipinski definition) is 6. The fraction of sp³-hybridized carbons (Fsp3) is 0.538. The van der Waals surface area contributed by atoms with E-state index in [1.165, 1.54) is 24.4 Å². The molecule has 0 aliphatic carbocycles. The molecule has 4 rings (SSSR count). The molecule has 2 fully saturated rings. The number of carbonyl (C=O) groups excluding carboxylic acids is 1. The SMILES string of the molecule is O=C(CCCN1CCN(c2ccc(C(F)(F)F)nc2)CC1)N1CCC(Nc2ccc(Cl)c(SC(F)(F)F)c2)CC1. The highest BCUT2D eigenvalue weighted by molar-refractivity contribution is 8.00. The number of thioether (sulfide) groups is 1. The number of piperazine rings is 1. The highest BCUT2D eigenvalue weighted by Crippen LogP contribution is 2.41. The normalized spacial score (nSPS) is 17.8. The number of rotatable bonds is 8. The molecule has 1 amide bonds. The van der Waals surface area contributed by atoms with Crippen LogP contribution in [-0.4, -0.2) is 78.1 Å². The summed E-state index contributed by atoms with van der Waals surface area (Å²) in [5.41, 5.74) is -4.10. The van der Waals surface area contributed by atoms with Gasteiger partial charge < -0.3 is 15.1 Å². The van der Waals surface area contributed by atoms with Gasteiger partial charge in [0.15, 0.2) is 0 Å². The molecule has 0 atom stereocenters. The second-order valence-electron chi connectivity index (χ2n) is 9.82. The van der Waals surface area contributed by atoms with E-state index in [4.69, 9.17) is 11.6 Å². The first-order valence-electron chi connectivity index (χ1n) is 13.0. The van der Waals surface area contributed by atoms with Crippen LogP contribution in [0, 0.1) is 0 Å². The molecule has 220 valence electrons. The summed E-state index contributed by atoms with van der Waals surface area (Å²) in [6.45, 7) is 4.76. The van der Waals surface area contributed by atoms with Crippen LogP contribution in [-0.2, 0) is 11.0 Å². The molecule has 0 unspecified atom stereocenters. The van der Waals surface area contributed by atoms with Gasteiger partial charge in [0, 0.05) is 62.3 Å². The molecule has 2 saturated heterocycles. The van der Waals surface area contributed by atoms with Gasteiger partial charge in [0.2, 0.25) is 5.91 Å².